The Bertz CT molecular complexity index is 277. The van der Waals surface area contributed by atoms with Crippen LogP contribution in [0.3, 0.4) is 0 Å². The first-order valence-electron chi connectivity index (χ1n) is 5.84. The zero-order valence-corrected chi connectivity index (χ0v) is 12.8. The molecule has 1 heterocycles. The molecular weight excluding hydrogens is 230 g/mol. The molecule has 0 amide bonds. The van der Waals surface area contributed by atoms with Crippen LogP contribution in [0, 0.1) is 11.3 Å². The molecule has 0 aliphatic rings. The van der Waals surface area contributed by atoms with Crippen LogP contribution in [0.1, 0.15) is 58.4 Å². The summed E-state index contributed by atoms with van der Waals surface area (Å²) in [6.07, 6.45) is 4.38. The Morgan fingerprint density at radius 1 is 1.29 bits per heavy atom. The molecule has 1 rings (SSSR count). The lowest BCUT2D eigenvalue weighted by atomic mass is 9.77. The Kier molecular flexibility index (Phi) is 8.67. The molecule has 0 saturated heterocycles. The number of hydrogen-bond donors (Lipinski definition) is 2. The van der Waals surface area contributed by atoms with E-state index in [1.165, 1.54) is 17.8 Å². The summed E-state index contributed by atoms with van der Waals surface area (Å²) in [7, 11) is 0. The van der Waals surface area contributed by atoms with Gasteiger partial charge >= 0.3 is 0 Å². The van der Waals surface area contributed by atoms with Gasteiger partial charge in [-0.05, 0) is 24.2 Å². The molecule has 0 aliphatic carbocycles. The maximum atomic E-state index is 4.44. The lowest BCUT2D eigenvalue weighted by Gasteiger charge is -2.29. The van der Waals surface area contributed by atoms with E-state index in [4.69, 9.17) is 0 Å². The van der Waals surface area contributed by atoms with Gasteiger partial charge in [-0.2, -0.15) is 0 Å². The summed E-state index contributed by atoms with van der Waals surface area (Å²) in [5.74, 6) is 1.39. The first-order chi connectivity index (χ1) is 6.95. The normalized spacial score (nSPS) is 14.4. The van der Waals surface area contributed by atoms with E-state index in [1.54, 1.807) is 11.3 Å². The number of nitrogens with zero attached hydrogens (tertiary/aromatic N) is 1. The van der Waals surface area contributed by atoms with Gasteiger partial charge in [0.15, 0.2) is 0 Å². The number of hydrogen-bond acceptors (Lipinski definition) is 4. The van der Waals surface area contributed by atoms with Crippen LogP contribution >= 0.6 is 11.3 Å². The molecule has 102 valence electrons. The van der Waals surface area contributed by atoms with Crippen LogP contribution < -0.4 is 12.3 Å². The zero-order valence-electron chi connectivity index (χ0n) is 12.0. The van der Waals surface area contributed by atoms with Crippen molar-refractivity contribution in [1.29, 1.82) is 0 Å². The van der Waals surface area contributed by atoms with E-state index in [0.717, 1.165) is 5.92 Å². The van der Waals surface area contributed by atoms with Gasteiger partial charge in [-0.1, -0.05) is 34.6 Å². The minimum absolute atomic E-state index is 0. The third-order valence-corrected chi connectivity index (χ3v) is 4.35. The van der Waals surface area contributed by atoms with Crippen molar-refractivity contribution in [3.8, 4) is 0 Å². The summed E-state index contributed by atoms with van der Waals surface area (Å²) in [5.41, 5.74) is 0.407. The molecule has 2 atom stereocenters. The highest BCUT2D eigenvalue weighted by molar-refractivity contribution is 7.09. The maximum Gasteiger partial charge on any atom is 0.0955 e. The van der Waals surface area contributed by atoms with Crippen LogP contribution in [-0.2, 0) is 0 Å². The summed E-state index contributed by atoms with van der Waals surface area (Å²) in [5, 5.41) is 3.40. The van der Waals surface area contributed by atoms with Crippen molar-refractivity contribution >= 4 is 11.3 Å². The molecule has 3 nitrogen and oxygen atoms in total. The van der Waals surface area contributed by atoms with Crippen LogP contribution in [0.5, 0.6) is 0 Å². The quantitative estimate of drug-likeness (QED) is 0.795. The average Bonchev–Trinajstić information content (AvgIpc) is 2.64. The standard InChI is InChI=1S/C13H23NS.2H3N/c1-6-11(12-14-7-8-15-12)9-10(2)13(3,4)5;;/h7-8,10-11H,6,9H2,1-5H3;2*1H3. The van der Waals surface area contributed by atoms with Gasteiger partial charge in [0.25, 0.3) is 0 Å². The van der Waals surface area contributed by atoms with Crippen LogP contribution in [0.2, 0.25) is 0 Å². The van der Waals surface area contributed by atoms with Gasteiger partial charge in [-0.25, -0.2) is 4.98 Å². The highest BCUT2D eigenvalue weighted by Crippen LogP contribution is 2.36. The van der Waals surface area contributed by atoms with Gasteiger partial charge in [0.2, 0.25) is 0 Å². The minimum Gasteiger partial charge on any atom is -0.344 e. The van der Waals surface area contributed by atoms with E-state index in [0.29, 0.717) is 11.3 Å². The summed E-state index contributed by atoms with van der Waals surface area (Å²) >= 11 is 1.80. The van der Waals surface area contributed by atoms with Crippen molar-refractivity contribution in [2.24, 2.45) is 11.3 Å². The highest BCUT2D eigenvalue weighted by atomic mass is 32.1. The number of aromatic nitrogens is 1. The van der Waals surface area contributed by atoms with Gasteiger partial charge in [0.05, 0.1) is 5.01 Å². The average molecular weight is 259 g/mol. The Labute approximate surface area is 110 Å². The third-order valence-electron chi connectivity index (χ3n) is 3.41. The van der Waals surface area contributed by atoms with Crippen molar-refractivity contribution in [2.45, 2.75) is 53.4 Å². The lowest BCUT2D eigenvalue weighted by Crippen LogP contribution is -2.19. The van der Waals surface area contributed by atoms with Crippen LogP contribution in [-0.4, -0.2) is 4.98 Å². The van der Waals surface area contributed by atoms with Crippen molar-refractivity contribution in [2.75, 3.05) is 0 Å². The second kappa shape index (κ2) is 7.80. The number of thiazole rings is 1. The SMILES string of the molecule is CCC(CC(C)C(C)(C)C)c1nccs1.N.N. The van der Waals surface area contributed by atoms with Crippen molar-refractivity contribution in [3.63, 3.8) is 0 Å². The number of rotatable bonds is 4. The van der Waals surface area contributed by atoms with Gasteiger partial charge in [-0.3, -0.25) is 0 Å². The van der Waals surface area contributed by atoms with E-state index in [2.05, 4.69) is 45.0 Å². The third kappa shape index (κ3) is 5.61. The fourth-order valence-electron chi connectivity index (χ4n) is 1.66. The molecule has 0 spiro atoms. The largest absolute Gasteiger partial charge is 0.344 e. The van der Waals surface area contributed by atoms with Crippen LogP contribution in [0.25, 0.3) is 0 Å². The van der Waals surface area contributed by atoms with Gasteiger partial charge in [0, 0.05) is 17.5 Å². The minimum atomic E-state index is 0. The maximum absolute atomic E-state index is 4.44. The molecule has 0 bridgehead atoms. The Balaban J connectivity index is 0. The predicted molar refractivity (Wildman–Crippen MR) is 78.4 cm³/mol. The van der Waals surface area contributed by atoms with Gasteiger partial charge in [-0.15, -0.1) is 11.3 Å². The highest BCUT2D eigenvalue weighted by Gasteiger charge is 2.24. The zero-order chi connectivity index (χ0) is 11.5. The Morgan fingerprint density at radius 3 is 2.24 bits per heavy atom. The van der Waals surface area contributed by atoms with Gasteiger partial charge in [0.1, 0.15) is 0 Å². The molecule has 4 heteroatoms. The van der Waals surface area contributed by atoms with Gasteiger partial charge < -0.3 is 12.3 Å². The molecule has 1 aromatic heterocycles. The molecule has 2 unspecified atom stereocenters. The lowest BCUT2D eigenvalue weighted by molar-refractivity contribution is 0.231. The summed E-state index contributed by atoms with van der Waals surface area (Å²) in [6.45, 7) is 11.6. The first-order valence-corrected chi connectivity index (χ1v) is 6.72. The monoisotopic (exact) mass is 259 g/mol. The molecule has 6 N–H and O–H groups in total. The fourth-order valence-corrected chi connectivity index (χ4v) is 2.50. The van der Waals surface area contributed by atoms with Crippen molar-refractivity contribution in [1.82, 2.24) is 17.3 Å². The van der Waals surface area contributed by atoms with E-state index >= 15 is 0 Å². The summed E-state index contributed by atoms with van der Waals surface area (Å²) in [4.78, 5) is 4.44. The molecule has 0 aliphatic heterocycles. The molecule has 17 heavy (non-hydrogen) atoms. The fraction of sp³-hybridized carbons (Fsp3) is 0.769. The Morgan fingerprint density at radius 2 is 1.88 bits per heavy atom. The van der Waals surface area contributed by atoms with Crippen LogP contribution in [0.4, 0.5) is 0 Å². The van der Waals surface area contributed by atoms with E-state index in [-0.39, 0.29) is 12.3 Å². The van der Waals surface area contributed by atoms with Crippen LogP contribution in [0.15, 0.2) is 11.6 Å². The van der Waals surface area contributed by atoms with E-state index in [1.807, 2.05) is 6.20 Å². The molecule has 0 radical (unpaired) electrons. The summed E-state index contributed by atoms with van der Waals surface area (Å²) in [6, 6.07) is 0. The molecule has 0 fully saturated rings. The summed E-state index contributed by atoms with van der Waals surface area (Å²) < 4.78 is 0. The second-order valence-corrected chi connectivity index (χ2v) is 6.40. The van der Waals surface area contributed by atoms with E-state index < -0.39 is 0 Å². The predicted octanol–water partition coefficient (Wildman–Crippen LogP) is 5.03. The molecular formula is C13H29N3S. The second-order valence-electron chi connectivity index (χ2n) is 5.48. The molecule has 0 aromatic carbocycles. The first kappa shape index (κ1) is 18.9. The van der Waals surface area contributed by atoms with Crippen molar-refractivity contribution in [3.05, 3.63) is 16.6 Å². The molecule has 0 saturated carbocycles. The Hall–Kier alpha value is -0.450. The smallest absolute Gasteiger partial charge is 0.0955 e. The topological polar surface area (TPSA) is 82.9 Å². The van der Waals surface area contributed by atoms with Crippen molar-refractivity contribution < 1.29 is 0 Å². The van der Waals surface area contributed by atoms with E-state index in [9.17, 15) is 0 Å². The molecule has 1 aromatic rings.